The SMILES string of the molecule is O=C(NCCc1ccccc1OC(F)(F)F)c1ccc(Oc2cc3c(cc2Cl)CCC(C(=O)O)O3)cc1. The standard InChI is InChI=1S/C26H21ClF3NO6/c27-19-13-17-7-10-21(25(33)34)36-22(17)14-23(19)35-18-8-5-16(6-9-18)24(32)31-12-11-15-3-1-2-4-20(15)37-26(28,29)30/h1-6,8-9,13-14,21H,7,10-12H2,(H,31,32)(H,33,34). The normalized spacial score (nSPS) is 14.8. The summed E-state index contributed by atoms with van der Waals surface area (Å²) in [6.07, 6.45) is -4.75. The summed E-state index contributed by atoms with van der Waals surface area (Å²) in [5, 5.41) is 12.2. The van der Waals surface area contributed by atoms with Crippen LogP contribution in [0.15, 0.2) is 60.7 Å². The molecule has 0 fully saturated rings. The number of hydrogen-bond donors (Lipinski definition) is 2. The van der Waals surface area contributed by atoms with E-state index in [0.717, 1.165) is 5.56 Å². The Labute approximate surface area is 214 Å². The number of carboxylic acids is 1. The molecule has 1 amide bonds. The third kappa shape index (κ3) is 6.85. The molecule has 3 aromatic rings. The van der Waals surface area contributed by atoms with Crippen molar-refractivity contribution in [1.82, 2.24) is 5.32 Å². The fourth-order valence-electron chi connectivity index (χ4n) is 3.78. The van der Waals surface area contributed by atoms with Crippen LogP contribution in [0.5, 0.6) is 23.0 Å². The minimum Gasteiger partial charge on any atom is -0.479 e. The number of carbonyl (C=O) groups is 2. The number of para-hydroxylation sites is 1. The number of aliphatic carboxylic acids is 1. The van der Waals surface area contributed by atoms with Crippen LogP contribution in [0.2, 0.25) is 5.02 Å². The molecule has 194 valence electrons. The van der Waals surface area contributed by atoms with Gasteiger partial charge in [0.05, 0.1) is 5.02 Å². The molecule has 3 aromatic carbocycles. The molecule has 1 aliphatic rings. The van der Waals surface area contributed by atoms with Crippen molar-refractivity contribution in [1.29, 1.82) is 0 Å². The van der Waals surface area contributed by atoms with E-state index in [9.17, 15) is 27.9 Å². The maximum absolute atomic E-state index is 12.6. The summed E-state index contributed by atoms with van der Waals surface area (Å²) >= 11 is 6.31. The highest BCUT2D eigenvalue weighted by Gasteiger charge is 2.32. The van der Waals surface area contributed by atoms with E-state index in [4.69, 9.17) is 21.1 Å². The molecule has 11 heteroatoms. The summed E-state index contributed by atoms with van der Waals surface area (Å²) in [5.74, 6) is -0.742. The Kier molecular flexibility index (Phi) is 7.77. The Bertz CT molecular complexity index is 1300. The van der Waals surface area contributed by atoms with Gasteiger partial charge in [-0.3, -0.25) is 4.79 Å². The number of fused-ring (bicyclic) bond motifs is 1. The fraction of sp³-hybridized carbons (Fsp3) is 0.231. The Balaban J connectivity index is 1.35. The largest absolute Gasteiger partial charge is 0.573 e. The van der Waals surface area contributed by atoms with Gasteiger partial charge in [-0.1, -0.05) is 29.8 Å². The molecule has 1 aliphatic heterocycles. The molecule has 4 rings (SSSR count). The number of carbonyl (C=O) groups excluding carboxylic acids is 1. The first-order valence-corrected chi connectivity index (χ1v) is 11.6. The lowest BCUT2D eigenvalue weighted by molar-refractivity contribution is -0.274. The number of ether oxygens (including phenoxy) is 3. The van der Waals surface area contributed by atoms with E-state index in [0.29, 0.717) is 40.5 Å². The lowest BCUT2D eigenvalue weighted by Gasteiger charge is -2.24. The van der Waals surface area contributed by atoms with Crippen molar-refractivity contribution in [3.05, 3.63) is 82.4 Å². The number of carboxylic acid groups (broad SMARTS) is 1. The topological polar surface area (TPSA) is 94.1 Å². The molecule has 1 heterocycles. The summed E-state index contributed by atoms with van der Waals surface area (Å²) < 4.78 is 53.0. The summed E-state index contributed by atoms with van der Waals surface area (Å²) in [5.41, 5.74) is 1.41. The predicted molar refractivity (Wildman–Crippen MR) is 128 cm³/mol. The molecule has 0 bridgehead atoms. The molecule has 0 spiro atoms. The lowest BCUT2D eigenvalue weighted by atomic mass is 10.0. The molecule has 1 atom stereocenters. The number of aryl methyl sites for hydroxylation is 1. The highest BCUT2D eigenvalue weighted by Crippen LogP contribution is 2.38. The van der Waals surface area contributed by atoms with Gasteiger partial charge in [-0.25, -0.2) is 4.79 Å². The molecule has 37 heavy (non-hydrogen) atoms. The van der Waals surface area contributed by atoms with E-state index in [2.05, 4.69) is 10.1 Å². The first-order valence-electron chi connectivity index (χ1n) is 11.2. The molecule has 0 aliphatic carbocycles. The zero-order chi connectivity index (χ0) is 26.6. The smallest absolute Gasteiger partial charge is 0.479 e. The van der Waals surface area contributed by atoms with E-state index in [1.54, 1.807) is 24.3 Å². The molecule has 0 saturated heterocycles. The van der Waals surface area contributed by atoms with E-state index < -0.39 is 24.3 Å². The Morgan fingerprint density at radius 3 is 2.51 bits per heavy atom. The molecule has 7 nitrogen and oxygen atoms in total. The fourth-order valence-corrected chi connectivity index (χ4v) is 4.01. The molecule has 0 radical (unpaired) electrons. The third-order valence-corrected chi connectivity index (χ3v) is 5.85. The number of halogens is 4. The summed E-state index contributed by atoms with van der Waals surface area (Å²) in [6.45, 7) is 0.0946. The van der Waals surface area contributed by atoms with Crippen LogP contribution in [-0.4, -0.2) is 36.0 Å². The zero-order valence-electron chi connectivity index (χ0n) is 19.2. The molecule has 0 aromatic heterocycles. The molecule has 0 saturated carbocycles. The van der Waals surface area contributed by atoms with E-state index in [1.165, 1.54) is 36.4 Å². The van der Waals surface area contributed by atoms with Gasteiger partial charge in [0.2, 0.25) is 0 Å². The van der Waals surface area contributed by atoms with E-state index >= 15 is 0 Å². The quantitative estimate of drug-likeness (QED) is 0.380. The van der Waals surface area contributed by atoms with E-state index in [-0.39, 0.29) is 24.5 Å². The van der Waals surface area contributed by atoms with Crippen molar-refractivity contribution in [2.45, 2.75) is 31.7 Å². The van der Waals surface area contributed by atoms with Gasteiger partial charge in [0, 0.05) is 18.2 Å². The summed E-state index contributed by atoms with van der Waals surface area (Å²) in [4.78, 5) is 23.7. The van der Waals surface area contributed by atoms with Crippen molar-refractivity contribution >= 4 is 23.5 Å². The highest BCUT2D eigenvalue weighted by atomic mass is 35.5. The summed E-state index contributed by atoms with van der Waals surface area (Å²) in [6, 6.07) is 15.1. The van der Waals surface area contributed by atoms with Gasteiger partial charge in [0.1, 0.15) is 23.0 Å². The van der Waals surface area contributed by atoms with Crippen LogP contribution < -0.4 is 19.5 Å². The lowest BCUT2D eigenvalue weighted by Crippen LogP contribution is -2.30. The van der Waals surface area contributed by atoms with Crippen molar-refractivity contribution < 1.29 is 42.1 Å². The minimum absolute atomic E-state index is 0.0946. The van der Waals surface area contributed by atoms with Crippen LogP contribution in [0.1, 0.15) is 27.9 Å². The maximum atomic E-state index is 12.6. The van der Waals surface area contributed by atoms with Crippen LogP contribution in [0.3, 0.4) is 0 Å². The number of amides is 1. The molecule has 2 N–H and O–H groups in total. The van der Waals surface area contributed by atoms with Gasteiger partial charge in [-0.05, 0) is 66.8 Å². The first kappa shape index (κ1) is 26.2. The second kappa shape index (κ2) is 11.0. The molecular formula is C26H21ClF3NO6. The first-order chi connectivity index (χ1) is 17.6. The minimum atomic E-state index is -4.81. The maximum Gasteiger partial charge on any atom is 0.573 e. The van der Waals surface area contributed by atoms with Crippen LogP contribution >= 0.6 is 11.6 Å². The average Bonchev–Trinajstić information content (AvgIpc) is 2.84. The van der Waals surface area contributed by atoms with Gasteiger partial charge in [0.15, 0.2) is 6.10 Å². The van der Waals surface area contributed by atoms with Crippen molar-refractivity contribution in [2.24, 2.45) is 0 Å². The predicted octanol–water partition coefficient (Wildman–Crippen LogP) is 5.78. The van der Waals surface area contributed by atoms with Gasteiger partial charge in [-0.15, -0.1) is 13.2 Å². The van der Waals surface area contributed by atoms with Gasteiger partial charge >= 0.3 is 12.3 Å². The van der Waals surface area contributed by atoms with Gasteiger partial charge in [-0.2, -0.15) is 0 Å². The highest BCUT2D eigenvalue weighted by molar-refractivity contribution is 6.32. The zero-order valence-corrected chi connectivity index (χ0v) is 19.9. The average molecular weight is 536 g/mol. The number of hydrogen-bond acceptors (Lipinski definition) is 5. The van der Waals surface area contributed by atoms with Crippen LogP contribution in [0, 0.1) is 0 Å². The van der Waals surface area contributed by atoms with Crippen molar-refractivity contribution in [3.63, 3.8) is 0 Å². The number of alkyl halides is 3. The second-order valence-corrected chi connectivity index (χ2v) is 8.57. The summed E-state index contributed by atoms with van der Waals surface area (Å²) in [7, 11) is 0. The van der Waals surface area contributed by atoms with Crippen LogP contribution in [0.25, 0.3) is 0 Å². The van der Waals surface area contributed by atoms with E-state index in [1.807, 2.05) is 0 Å². The Hall–Kier alpha value is -3.92. The third-order valence-electron chi connectivity index (χ3n) is 5.56. The molecular weight excluding hydrogens is 515 g/mol. The number of rotatable bonds is 8. The monoisotopic (exact) mass is 535 g/mol. The van der Waals surface area contributed by atoms with Crippen LogP contribution in [-0.2, 0) is 17.6 Å². The molecule has 1 unspecified atom stereocenters. The van der Waals surface area contributed by atoms with Gasteiger partial charge in [0.25, 0.3) is 5.91 Å². The number of benzene rings is 3. The van der Waals surface area contributed by atoms with Gasteiger partial charge < -0.3 is 24.6 Å². The van der Waals surface area contributed by atoms with Crippen molar-refractivity contribution in [2.75, 3.05) is 6.54 Å². The number of nitrogens with one attached hydrogen (secondary N) is 1. The Morgan fingerprint density at radius 2 is 1.81 bits per heavy atom. The second-order valence-electron chi connectivity index (χ2n) is 8.16. The van der Waals surface area contributed by atoms with Crippen molar-refractivity contribution in [3.8, 4) is 23.0 Å². The Morgan fingerprint density at radius 1 is 1.08 bits per heavy atom. The van der Waals surface area contributed by atoms with Crippen LogP contribution in [0.4, 0.5) is 13.2 Å².